The number of carbonyl (C=O) groups is 1. The van der Waals surface area contributed by atoms with Gasteiger partial charge >= 0.3 is 0 Å². The van der Waals surface area contributed by atoms with E-state index < -0.39 is 0 Å². The Morgan fingerprint density at radius 1 is 1.11 bits per heavy atom. The first-order chi connectivity index (χ1) is 8.92. The molecule has 3 nitrogen and oxygen atoms in total. The van der Waals surface area contributed by atoms with Crippen LogP contribution in [0.3, 0.4) is 0 Å². The molecular weight excluding hydrogens is 236 g/mol. The Kier molecular flexibility index (Phi) is 4.54. The van der Waals surface area contributed by atoms with Gasteiger partial charge in [0, 0.05) is 25.0 Å². The van der Waals surface area contributed by atoms with E-state index >= 15 is 0 Å². The highest BCUT2D eigenvalue weighted by Gasteiger charge is 2.40. The van der Waals surface area contributed by atoms with Crippen LogP contribution in [-0.4, -0.2) is 29.9 Å². The van der Waals surface area contributed by atoms with Gasteiger partial charge in [0.05, 0.1) is 0 Å². The van der Waals surface area contributed by atoms with E-state index in [0.717, 1.165) is 32.1 Å². The zero-order chi connectivity index (χ0) is 14.0. The average molecular weight is 266 g/mol. The minimum Gasteiger partial charge on any atom is -0.343 e. The fourth-order valence-electron chi connectivity index (χ4n) is 3.87. The van der Waals surface area contributed by atoms with Gasteiger partial charge in [-0.3, -0.25) is 4.79 Å². The van der Waals surface area contributed by atoms with Crippen molar-refractivity contribution in [1.29, 1.82) is 0 Å². The molecule has 2 rings (SSSR count). The topological polar surface area (TPSA) is 46.3 Å². The van der Waals surface area contributed by atoms with Gasteiger partial charge in [-0.1, -0.05) is 26.7 Å². The maximum Gasteiger partial charge on any atom is 0.226 e. The maximum atomic E-state index is 12.8. The molecule has 2 aliphatic carbocycles. The van der Waals surface area contributed by atoms with Crippen molar-refractivity contribution in [1.82, 2.24) is 4.90 Å². The van der Waals surface area contributed by atoms with Crippen molar-refractivity contribution < 1.29 is 4.79 Å². The fourth-order valence-corrected chi connectivity index (χ4v) is 3.87. The third-order valence-electron chi connectivity index (χ3n) is 5.44. The van der Waals surface area contributed by atoms with E-state index in [1.807, 2.05) is 11.9 Å². The van der Waals surface area contributed by atoms with Gasteiger partial charge in [-0.25, -0.2) is 0 Å². The minimum absolute atomic E-state index is 0.175. The second-order valence-corrected chi connectivity index (χ2v) is 7.30. The number of hydrogen-bond acceptors (Lipinski definition) is 2. The lowest BCUT2D eigenvalue weighted by Gasteiger charge is -2.42. The molecule has 110 valence electrons. The summed E-state index contributed by atoms with van der Waals surface area (Å²) in [6.45, 7) is 4.53. The van der Waals surface area contributed by atoms with E-state index in [-0.39, 0.29) is 11.3 Å². The van der Waals surface area contributed by atoms with Gasteiger partial charge in [0.15, 0.2) is 0 Å². The third kappa shape index (κ3) is 3.31. The molecule has 2 fully saturated rings. The van der Waals surface area contributed by atoms with Crippen LogP contribution in [0.5, 0.6) is 0 Å². The molecule has 0 spiro atoms. The summed E-state index contributed by atoms with van der Waals surface area (Å²) >= 11 is 0. The Morgan fingerprint density at radius 3 is 2.32 bits per heavy atom. The zero-order valence-electron chi connectivity index (χ0n) is 12.8. The Bertz CT molecular complexity index is 319. The highest BCUT2D eigenvalue weighted by Crippen LogP contribution is 2.41. The number of hydrogen-bond donors (Lipinski definition) is 1. The maximum absolute atomic E-state index is 12.8. The first-order valence-corrected chi connectivity index (χ1v) is 7.94. The summed E-state index contributed by atoms with van der Waals surface area (Å²) in [4.78, 5) is 14.8. The molecule has 2 aliphatic rings. The molecule has 1 atom stereocenters. The largest absolute Gasteiger partial charge is 0.343 e. The van der Waals surface area contributed by atoms with E-state index in [2.05, 4.69) is 13.8 Å². The molecule has 19 heavy (non-hydrogen) atoms. The van der Waals surface area contributed by atoms with Crippen molar-refractivity contribution >= 4 is 5.91 Å². The summed E-state index contributed by atoms with van der Waals surface area (Å²) in [6.07, 6.45) is 9.04. The molecule has 1 amide bonds. The van der Waals surface area contributed by atoms with Crippen LogP contribution in [0.1, 0.15) is 65.2 Å². The molecule has 0 heterocycles. The monoisotopic (exact) mass is 266 g/mol. The van der Waals surface area contributed by atoms with Crippen LogP contribution in [0.4, 0.5) is 0 Å². The van der Waals surface area contributed by atoms with Crippen molar-refractivity contribution in [3.05, 3.63) is 0 Å². The lowest BCUT2D eigenvalue weighted by atomic mass is 9.68. The summed E-state index contributed by atoms with van der Waals surface area (Å²) < 4.78 is 0. The zero-order valence-corrected chi connectivity index (χ0v) is 12.8. The van der Waals surface area contributed by atoms with E-state index in [1.165, 1.54) is 19.3 Å². The molecule has 0 aromatic carbocycles. The summed E-state index contributed by atoms with van der Waals surface area (Å²) in [5.41, 5.74) is 6.13. The van der Waals surface area contributed by atoms with Crippen molar-refractivity contribution in [2.45, 2.75) is 77.3 Å². The summed E-state index contributed by atoms with van der Waals surface area (Å²) in [7, 11) is 2.01. The predicted molar refractivity (Wildman–Crippen MR) is 78.7 cm³/mol. The highest BCUT2D eigenvalue weighted by atomic mass is 16.2. The van der Waals surface area contributed by atoms with E-state index in [0.29, 0.717) is 18.0 Å². The van der Waals surface area contributed by atoms with Crippen molar-refractivity contribution in [3.63, 3.8) is 0 Å². The van der Waals surface area contributed by atoms with Gasteiger partial charge in [-0.15, -0.1) is 0 Å². The van der Waals surface area contributed by atoms with Crippen molar-refractivity contribution in [2.75, 3.05) is 7.05 Å². The van der Waals surface area contributed by atoms with Crippen LogP contribution in [0.25, 0.3) is 0 Å². The number of nitrogens with two attached hydrogens (primary N) is 1. The van der Waals surface area contributed by atoms with Crippen LogP contribution < -0.4 is 5.73 Å². The van der Waals surface area contributed by atoms with Crippen LogP contribution in [-0.2, 0) is 4.79 Å². The molecule has 0 bridgehead atoms. The average Bonchev–Trinajstić information content (AvgIpc) is 2.37. The van der Waals surface area contributed by atoms with Gasteiger partial charge in [-0.2, -0.15) is 0 Å². The first-order valence-electron chi connectivity index (χ1n) is 7.94. The molecule has 1 unspecified atom stereocenters. The lowest BCUT2D eigenvalue weighted by Crippen LogP contribution is -2.48. The Morgan fingerprint density at radius 2 is 1.74 bits per heavy atom. The standard InChI is InChI=1S/C16H30N2O/c1-16(2)11-5-4-6-14(16)15(19)18(3)13-9-7-12(17)8-10-13/h12-14H,4-11,17H2,1-3H3. The quantitative estimate of drug-likeness (QED) is 0.835. The van der Waals surface area contributed by atoms with Gasteiger partial charge in [0.25, 0.3) is 0 Å². The molecule has 0 aromatic rings. The highest BCUT2D eigenvalue weighted by molar-refractivity contribution is 5.79. The number of nitrogens with zero attached hydrogens (tertiary/aromatic N) is 1. The smallest absolute Gasteiger partial charge is 0.226 e. The first kappa shape index (κ1) is 14.8. The SMILES string of the molecule is CN(C(=O)C1CCCCC1(C)C)C1CCC(N)CC1. The Hall–Kier alpha value is -0.570. The Labute approximate surface area is 117 Å². The summed E-state index contributed by atoms with van der Waals surface area (Å²) in [5, 5.41) is 0. The fraction of sp³-hybridized carbons (Fsp3) is 0.938. The second kappa shape index (κ2) is 5.82. The molecule has 0 saturated heterocycles. The minimum atomic E-state index is 0.175. The molecule has 2 N–H and O–H groups in total. The lowest BCUT2D eigenvalue weighted by molar-refractivity contribution is -0.142. The van der Waals surface area contributed by atoms with Crippen molar-refractivity contribution in [2.24, 2.45) is 17.1 Å². The van der Waals surface area contributed by atoms with Gasteiger partial charge in [0.1, 0.15) is 0 Å². The summed E-state index contributed by atoms with van der Waals surface area (Å²) in [5.74, 6) is 0.604. The molecule has 0 aliphatic heterocycles. The van der Waals surface area contributed by atoms with Crippen molar-refractivity contribution in [3.8, 4) is 0 Å². The van der Waals surface area contributed by atoms with Crippen LogP contribution in [0.2, 0.25) is 0 Å². The molecular formula is C16H30N2O. The van der Waals surface area contributed by atoms with Crippen LogP contribution in [0, 0.1) is 11.3 Å². The van der Waals surface area contributed by atoms with Gasteiger partial charge in [-0.05, 0) is 43.9 Å². The van der Waals surface area contributed by atoms with Crippen LogP contribution >= 0.6 is 0 Å². The molecule has 0 radical (unpaired) electrons. The molecule has 2 saturated carbocycles. The molecule has 3 heteroatoms. The normalized spacial score (nSPS) is 34.8. The number of amides is 1. The van der Waals surface area contributed by atoms with Gasteiger partial charge in [0.2, 0.25) is 5.91 Å². The Balaban J connectivity index is 1.98. The number of carbonyl (C=O) groups excluding carboxylic acids is 1. The predicted octanol–water partition coefficient (Wildman–Crippen LogP) is 2.93. The molecule has 0 aromatic heterocycles. The summed E-state index contributed by atoms with van der Waals surface area (Å²) in [6, 6.07) is 0.774. The second-order valence-electron chi connectivity index (χ2n) is 7.30. The van der Waals surface area contributed by atoms with Gasteiger partial charge < -0.3 is 10.6 Å². The third-order valence-corrected chi connectivity index (χ3v) is 5.44. The van der Waals surface area contributed by atoms with E-state index in [1.54, 1.807) is 0 Å². The van der Waals surface area contributed by atoms with E-state index in [9.17, 15) is 4.79 Å². The number of rotatable bonds is 2. The van der Waals surface area contributed by atoms with Crippen LogP contribution in [0.15, 0.2) is 0 Å². The van der Waals surface area contributed by atoms with E-state index in [4.69, 9.17) is 5.73 Å².